The Morgan fingerprint density at radius 2 is 1.91 bits per heavy atom. The minimum absolute atomic E-state index is 0.182. The lowest BCUT2D eigenvalue weighted by molar-refractivity contribution is -0.126. The number of benzene rings is 1. The zero-order valence-corrected chi connectivity index (χ0v) is 17.9. The lowest BCUT2D eigenvalue weighted by Crippen LogP contribution is -2.44. The summed E-state index contributed by atoms with van der Waals surface area (Å²) in [6.07, 6.45) is 1.92. The molecule has 0 spiro atoms. The first-order chi connectivity index (χ1) is 15.3. The molecule has 1 aliphatic rings. The van der Waals surface area contributed by atoms with Crippen LogP contribution >= 0.6 is 0 Å². The summed E-state index contributed by atoms with van der Waals surface area (Å²) >= 11 is 0. The average molecular weight is 450 g/mol. The van der Waals surface area contributed by atoms with E-state index in [9.17, 15) is 23.5 Å². The first-order valence-corrected chi connectivity index (χ1v) is 10.7. The van der Waals surface area contributed by atoms with Crippen molar-refractivity contribution in [2.24, 2.45) is 0 Å². The van der Waals surface area contributed by atoms with E-state index in [1.54, 1.807) is 6.07 Å². The van der Waals surface area contributed by atoms with Crippen molar-refractivity contribution >= 4 is 17.6 Å². The van der Waals surface area contributed by atoms with Crippen LogP contribution in [0, 0.1) is 11.6 Å². The normalized spacial score (nSPS) is 16.0. The Labute approximate surface area is 185 Å². The number of amides is 2. The Hall–Kier alpha value is -2.85. The molecule has 3 rings (SSSR count). The predicted octanol–water partition coefficient (Wildman–Crippen LogP) is 2.38. The average Bonchev–Trinajstić information content (AvgIpc) is 3.15. The second-order valence-corrected chi connectivity index (χ2v) is 8.04. The van der Waals surface area contributed by atoms with Crippen molar-refractivity contribution in [3.05, 3.63) is 47.2 Å². The van der Waals surface area contributed by atoms with Gasteiger partial charge < -0.3 is 20.3 Å². The molecule has 0 bridgehead atoms. The fraction of sp³-hybridized carbons (Fsp3) is 0.500. The van der Waals surface area contributed by atoms with Crippen LogP contribution in [0.5, 0.6) is 0 Å². The number of nitrogens with zero attached hydrogens (tertiary/aromatic N) is 2. The van der Waals surface area contributed by atoms with Gasteiger partial charge in [-0.25, -0.2) is 8.78 Å². The van der Waals surface area contributed by atoms with Crippen LogP contribution in [0.25, 0.3) is 0 Å². The lowest BCUT2D eigenvalue weighted by atomic mass is 10.1. The summed E-state index contributed by atoms with van der Waals surface area (Å²) in [7, 11) is 0. The maximum absolute atomic E-state index is 13.3. The van der Waals surface area contributed by atoms with Crippen LogP contribution in [0.15, 0.2) is 28.8 Å². The van der Waals surface area contributed by atoms with E-state index in [0.29, 0.717) is 38.0 Å². The van der Waals surface area contributed by atoms with Gasteiger partial charge in [-0.1, -0.05) is 18.5 Å². The molecule has 2 heterocycles. The van der Waals surface area contributed by atoms with Crippen LogP contribution in [0.2, 0.25) is 0 Å². The zero-order chi connectivity index (χ0) is 23.1. The Morgan fingerprint density at radius 1 is 1.22 bits per heavy atom. The van der Waals surface area contributed by atoms with E-state index in [2.05, 4.69) is 20.7 Å². The third kappa shape index (κ3) is 7.10. The molecule has 1 fully saturated rings. The maximum atomic E-state index is 13.3. The Kier molecular flexibility index (Phi) is 8.29. The SMILES string of the molecule is CCCC(NC(=O)Cc1cc(F)cc(F)c1)C(=O)Nc1cc(CN2CCC(O)CC2)on1. The summed E-state index contributed by atoms with van der Waals surface area (Å²) < 4.78 is 32.0. The quantitative estimate of drug-likeness (QED) is 0.542. The van der Waals surface area contributed by atoms with Crippen LogP contribution in [-0.4, -0.2) is 52.2 Å². The van der Waals surface area contributed by atoms with Gasteiger partial charge in [0.1, 0.15) is 17.7 Å². The van der Waals surface area contributed by atoms with Crippen LogP contribution in [-0.2, 0) is 22.6 Å². The Bertz CT molecular complexity index is 908. The molecule has 3 N–H and O–H groups in total. The first-order valence-electron chi connectivity index (χ1n) is 10.7. The summed E-state index contributed by atoms with van der Waals surface area (Å²) in [4.78, 5) is 27.1. The number of anilines is 1. The number of nitrogens with one attached hydrogen (secondary N) is 2. The lowest BCUT2D eigenvalue weighted by Gasteiger charge is -2.28. The number of hydrogen-bond acceptors (Lipinski definition) is 6. The fourth-order valence-corrected chi connectivity index (χ4v) is 3.66. The molecule has 10 heteroatoms. The van der Waals surface area contributed by atoms with Crippen LogP contribution < -0.4 is 10.6 Å². The molecule has 2 aromatic rings. The van der Waals surface area contributed by atoms with Crippen molar-refractivity contribution < 1.29 is 28.0 Å². The van der Waals surface area contributed by atoms with E-state index < -0.39 is 29.5 Å². The number of carbonyl (C=O) groups is 2. The first kappa shape index (κ1) is 23.8. The van der Waals surface area contributed by atoms with Crippen molar-refractivity contribution in [2.75, 3.05) is 18.4 Å². The smallest absolute Gasteiger partial charge is 0.248 e. The highest BCUT2D eigenvalue weighted by atomic mass is 19.1. The highest BCUT2D eigenvalue weighted by Crippen LogP contribution is 2.16. The number of likely N-dealkylation sites (tertiary alicyclic amines) is 1. The number of aromatic nitrogens is 1. The number of aliphatic hydroxyl groups excluding tert-OH is 1. The molecule has 1 aromatic carbocycles. The zero-order valence-electron chi connectivity index (χ0n) is 17.9. The second kappa shape index (κ2) is 11.1. The highest BCUT2D eigenvalue weighted by molar-refractivity contribution is 5.96. The van der Waals surface area contributed by atoms with Gasteiger partial charge in [0.05, 0.1) is 19.1 Å². The van der Waals surface area contributed by atoms with Gasteiger partial charge in [-0.05, 0) is 37.0 Å². The van der Waals surface area contributed by atoms with E-state index in [-0.39, 0.29) is 23.9 Å². The van der Waals surface area contributed by atoms with Gasteiger partial charge in [-0.15, -0.1) is 0 Å². The predicted molar refractivity (Wildman–Crippen MR) is 113 cm³/mol. The summed E-state index contributed by atoms with van der Waals surface area (Å²) in [5.74, 6) is -1.68. The molecular weight excluding hydrogens is 422 g/mol. The number of carbonyl (C=O) groups excluding carboxylic acids is 2. The van der Waals surface area contributed by atoms with Gasteiger partial charge in [0.2, 0.25) is 11.8 Å². The molecule has 174 valence electrons. The molecule has 1 saturated heterocycles. The van der Waals surface area contributed by atoms with Gasteiger partial charge >= 0.3 is 0 Å². The van der Waals surface area contributed by atoms with E-state index in [1.165, 1.54) is 0 Å². The topological polar surface area (TPSA) is 108 Å². The van der Waals surface area contributed by atoms with Gasteiger partial charge in [-0.2, -0.15) is 0 Å². The molecule has 0 radical (unpaired) electrons. The molecule has 1 unspecified atom stereocenters. The van der Waals surface area contributed by atoms with Crippen molar-refractivity contribution in [3.63, 3.8) is 0 Å². The monoisotopic (exact) mass is 450 g/mol. The summed E-state index contributed by atoms with van der Waals surface area (Å²) in [5, 5.41) is 18.7. The van der Waals surface area contributed by atoms with Crippen molar-refractivity contribution in [1.82, 2.24) is 15.4 Å². The number of rotatable bonds is 9. The summed E-state index contributed by atoms with van der Waals surface area (Å²) in [6, 6.07) is 3.70. The highest BCUT2D eigenvalue weighted by Gasteiger charge is 2.23. The van der Waals surface area contributed by atoms with Crippen molar-refractivity contribution in [1.29, 1.82) is 0 Å². The molecule has 32 heavy (non-hydrogen) atoms. The minimum Gasteiger partial charge on any atom is -0.393 e. The van der Waals surface area contributed by atoms with Crippen LogP contribution in [0.4, 0.5) is 14.6 Å². The molecule has 1 atom stereocenters. The number of piperidine rings is 1. The minimum atomic E-state index is -0.824. The third-order valence-corrected chi connectivity index (χ3v) is 5.26. The molecule has 1 aromatic heterocycles. The van der Waals surface area contributed by atoms with Gasteiger partial charge in [-0.3, -0.25) is 14.5 Å². The summed E-state index contributed by atoms with van der Waals surface area (Å²) in [6.45, 7) is 3.90. The standard InChI is InChI=1S/C22H28F2N4O4/c1-2-3-19(25-21(30)10-14-8-15(23)11-16(24)9-14)22(31)26-20-12-18(32-27-20)13-28-6-4-17(29)5-7-28/h8-9,11-12,17,19,29H,2-7,10,13H2,1H3,(H,25,30)(H,26,27,31). The molecule has 8 nitrogen and oxygen atoms in total. The Balaban J connectivity index is 1.54. The number of halogens is 2. The fourth-order valence-electron chi connectivity index (χ4n) is 3.66. The Morgan fingerprint density at radius 3 is 2.56 bits per heavy atom. The van der Waals surface area contributed by atoms with Crippen LogP contribution in [0.1, 0.15) is 43.9 Å². The molecule has 0 aliphatic carbocycles. The largest absolute Gasteiger partial charge is 0.393 e. The van der Waals surface area contributed by atoms with E-state index in [4.69, 9.17) is 4.52 Å². The van der Waals surface area contributed by atoms with Crippen molar-refractivity contribution in [2.45, 2.75) is 57.7 Å². The van der Waals surface area contributed by atoms with E-state index in [0.717, 1.165) is 31.3 Å². The van der Waals surface area contributed by atoms with Crippen molar-refractivity contribution in [3.8, 4) is 0 Å². The second-order valence-electron chi connectivity index (χ2n) is 8.04. The van der Waals surface area contributed by atoms with Gasteiger partial charge in [0.25, 0.3) is 0 Å². The van der Waals surface area contributed by atoms with E-state index in [1.807, 2.05) is 6.92 Å². The molecular formula is C22H28F2N4O4. The summed E-state index contributed by atoms with van der Waals surface area (Å²) in [5.41, 5.74) is 0.182. The van der Waals surface area contributed by atoms with E-state index >= 15 is 0 Å². The van der Waals surface area contributed by atoms with Gasteiger partial charge in [0.15, 0.2) is 11.6 Å². The third-order valence-electron chi connectivity index (χ3n) is 5.26. The molecule has 0 saturated carbocycles. The molecule has 1 aliphatic heterocycles. The number of aliphatic hydroxyl groups is 1. The van der Waals surface area contributed by atoms with Gasteiger partial charge in [0, 0.05) is 25.2 Å². The number of hydrogen-bond donors (Lipinski definition) is 3. The van der Waals surface area contributed by atoms with Crippen LogP contribution in [0.3, 0.4) is 0 Å². The molecule has 2 amide bonds. The maximum Gasteiger partial charge on any atom is 0.248 e.